The first-order valence-corrected chi connectivity index (χ1v) is 5.33. The van der Waals surface area contributed by atoms with E-state index in [1.807, 2.05) is 0 Å². The van der Waals surface area contributed by atoms with Gasteiger partial charge in [-0.2, -0.15) is 5.10 Å². The van der Waals surface area contributed by atoms with Gasteiger partial charge in [0.15, 0.2) is 5.15 Å². The molecule has 0 saturated carbocycles. The smallest absolute Gasteiger partial charge is 0.151 e. The van der Waals surface area contributed by atoms with Gasteiger partial charge in [-0.05, 0) is 29.8 Å². The molecule has 16 heavy (non-hydrogen) atoms. The maximum atomic E-state index is 12.9. The van der Waals surface area contributed by atoms with E-state index in [9.17, 15) is 4.39 Å². The molecule has 0 atom stereocenters. The van der Waals surface area contributed by atoms with Crippen LogP contribution in [0.4, 0.5) is 4.39 Å². The Labute approximate surface area is 102 Å². The average molecular weight is 257 g/mol. The normalized spacial score (nSPS) is 10.4. The molecule has 0 spiro atoms. The lowest BCUT2D eigenvalue weighted by molar-refractivity contribution is 0.627. The zero-order valence-electron chi connectivity index (χ0n) is 8.12. The van der Waals surface area contributed by atoms with Crippen LogP contribution in [-0.4, -0.2) is 10.2 Å². The van der Waals surface area contributed by atoms with E-state index in [1.54, 1.807) is 24.3 Å². The number of hydrogen-bond donors (Lipinski definition) is 0. The third kappa shape index (κ3) is 2.68. The summed E-state index contributed by atoms with van der Waals surface area (Å²) in [7, 11) is 0. The molecule has 0 bridgehead atoms. The van der Waals surface area contributed by atoms with Crippen molar-refractivity contribution >= 4 is 23.2 Å². The molecule has 2 nitrogen and oxygen atoms in total. The minimum Gasteiger partial charge on any atom is -0.205 e. The second kappa shape index (κ2) is 4.76. The van der Waals surface area contributed by atoms with E-state index in [-0.39, 0.29) is 5.02 Å². The van der Waals surface area contributed by atoms with Crippen molar-refractivity contribution in [1.82, 2.24) is 10.2 Å². The van der Waals surface area contributed by atoms with Crippen molar-refractivity contribution in [3.63, 3.8) is 0 Å². The molecule has 0 aliphatic heterocycles. The van der Waals surface area contributed by atoms with Crippen LogP contribution in [0.5, 0.6) is 0 Å². The molecule has 0 aliphatic rings. The topological polar surface area (TPSA) is 25.8 Å². The Kier molecular flexibility index (Phi) is 3.36. The molecule has 5 heteroatoms. The fraction of sp³-hybridized carbons (Fsp3) is 0.0909. The van der Waals surface area contributed by atoms with Crippen molar-refractivity contribution in [1.29, 1.82) is 0 Å². The predicted octanol–water partition coefficient (Wildman–Crippen LogP) is 3.51. The second-order valence-electron chi connectivity index (χ2n) is 3.27. The van der Waals surface area contributed by atoms with Gasteiger partial charge in [0.25, 0.3) is 0 Å². The van der Waals surface area contributed by atoms with Crippen LogP contribution in [0.25, 0.3) is 0 Å². The summed E-state index contributed by atoms with van der Waals surface area (Å²) in [6, 6.07) is 8.01. The molecule has 0 N–H and O–H groups in total. The van der Waals surface area contributed by atoms with Gasteiger partial charge in [0.05, 0.1) is 10.7 Å². The van der Waals surface area contributed by atoms with E-state index < -0.39 is 5.82 Å². The highest BCUT2D eigenvalue weighted by molar-refractivity contribution is 6.30. The van der Waals surface area contributed by atoms with Crippen molar-refractivity contribution in [2.45, 2.75) is 6.42 Å². The van der Waals surface area contributed by atoms with Gasteiger partial charge in [0.2, 0.25) is 0 Å². The molecule has 1 aromatic heterocycles. The van der Waals surface area contributed by atoms with Gasteiger partial charge in [-0.3, -0.25) is 0 Å². The van der Waals surface area contributed by atoms with Gasteiger partial charge in [-0.25, -0.2) is 4.39 Å². The van der Waals surface area contributed by atoms with Gasteiger partial charge in [0.1, 0.15) is 5.82 Å². The monoisotopic (exact) mass is 256 g/mol. The Morgan fingerprint density at radius 2 is 1.88 bits per heavy atom. The largest absolute Gasteiger partial charge is 0.205 e. The molecular weight excluding hydrogens is 250 g/mol. The summed E-state index contributed by atoms with van der Waals surface area (Å²) >= 11 is 11.3. The molecule has 2 aromatic rings. The first-order valence-electron chi connectivity index (χ1n) is 4.57. The quantitative estimate of drug-likeness (QED) is 0.822. The van der Waals surface area contributed by atoms with Crippen molar-refractivity contribution in [2.75, 3.05) is 0 Å². The summed E-state index contributed by atoms with van der Waals surface area (Å²) in [5.41, 5.74) is 1.63. The van der Waals surface area contributed by atoms with Crippen molar-refractivity contribution in [3.8, 4) is 0 Å². The van der Waals surface area contributed by atoms with Gasteiger partial charge in [-0.1, -0.05) is 29.3 Å². The van der Waals surface area contributed by atoms with Crippen LogP contribution >= 0.6 is 23.2 Å². The van der Waals surface area contributed by atoms with Crippen LogP contribution in [0.15, 0.2) is 30.3 Å². The fourth-order valence-electron chi connectivity index (χ4n) is 1.30. The molecule has 0 fully saturated rings. The molecular formula is C11H7Cl2FN2. The zero-order valence-corrected chi connectivity index (χ0v) is 9.63. The van der Waals surface area contributed by atoms with E-state index in [0.717, 1.165) is 11.3 Å². The van der Waals surface area contributed by atoms with Crippen molar-refractivity contribution in [3.05, 3.63) is 57.6 Å². The molecule has 0 saturated heterocycles. The Morgan fingerprint density at radius 1 is 1.06 bits per heavy atom. The summed E-state index contributed by atoms with van der Waals surface area (Å²) in [6.07, 6.45) is 0.546. The summed E-state index contributed by atoms with van der Waals surface area (Å²) in [4.78, 5) is 0. The number of benzene rings is 1. The molecule has 1 heterocycles. The number of nitrogens with zero attached hydrogens (tertiary/aromatic N) is 2. The zero-order chi connectivity index (χ0) is 11.5. The average Bonchev–Trinajstić information content (AvgIpc) is 2.27. The predicted molar refractivity (Wildman–Crippen MR) is 61.3 cm³/mol. The molecule has 0 radical (unpaired) electrons. The molecule has 0 amide bonds. The summed E-state index contributed by atoms with van der Waals surface area (Å²) in [5, 5.41) is 8.09. The Bertz CT molecular complexity index is 500. The number of aromatic nitrogens is 2. The lowest BCUT2D eigenvalue weighted by atomic mass is 10.1. The van der Waals surface area contributed by atoms with Crippen LogP contribution in [0, 0.1) is 5.82 Å². The first-order chi connectivity index (χ1) is 7.65. The maximum Gasteiger partial charge on any atom is 0.151 e. The lowest BCUT2D eigenvalue weighted by Crippen LogP contribution is -1.94. The molecule has 82 valence electrons. The van der Waals surface area contributed by atoms with Crippen LogP contribution in [0.3, 0.4) is 0 Å². The van der Waals surface area contributed by atoms with E-state index in [4.69, 9.17) is 23.2 Å². The first kappa shape index (κ1) is 11.3. The maximum absolute atomic E-state index is 12.9. The Hall–Kier alpha value is -1.19. The second-order valence-corrected chi connectivity index (χ2v) is 4.07. The van der Waals surface area contributed by atoms with E-state index in [2.05, 4.69) is 10.2 Å². The van der Waals surface area contributed by atoms with E-state index >= 15 is 0 Å². The summed E-state index contributed by atoms with van der Waals surface area (Å²) in [5.74, 6) is -0.424. The van der Waals surface area contributed by atoms with Gasteiger partial charge >= 0.3 is 0 Å². The number of hydrogen-bond acceptors (Lipinski definition) is 2. The minimum absolute atomic E-state index is 0.111. The summed E-state index contributed by atoms with van der Waals surface area (Å²) in [6.45, 7) is 0. The van der Waals surface area contributed by atoms with Gasteiger partial charge in [-0.15, -0.1) is 5.10 Å². The van der Waals surface area contributed by atoms with E-state index in [1.165, 1.54) is 6.07 Å². The highest BCUT2D eigenvalue weighted by Gasteiger charge is 2.03. The minimum atomic E-state index is -0.424. The van der Waals surface area contributed by atoms with Crippen molar-refractivity contribution in [2.24, 2.45) is 0 Å². The fourth-order valence-corrected chi connectivity index (χ4v) is 1.60. The van der Waals surface area contributed by atoms with E-state index in [0.29, 0.717) is 11.6 Å². The third-order valence-corrected chi connectivity index (χ3v) is 2.55. The Morgan fingerprint density at radius 3 is 2.50 bits per heavy atom. The third-order valence-electron chi connectivity index (χ3n) is 2.06. The molecule has 0 unspecified atom stereocenters. The summed E-state index contributed by atoms with van der Waals surface area (Å²) < 4.78 is 12.9. The molecule has 2 rings (SSSR count). The molecule has 0 aliphatic carbocycles. The van der Waals surface area contributed by atoms with Crippen LogP contribution < -0.4 is 0 Å². The van der Waals surface area contributed by atoms with Gasteiger partial charge < -0.3 is 0 Å². The molecule has 1 aromatic carbocycles. The van der Waals surface area contributed by atoms with Crippen molar-refractivity contribution < 1.29 is 4.39 Å². The van der Waals surface area contributed by atoms with Crippen LogP contribution in [0.2, 0.25) is 10.2 Å². The Balaban J connectivity index is 2.20. The van der Waals surface area contributed by atoms with Crippen LogP contribution in [0.1, 0.15) is 11.3 Å². The highest BCUT2D eigenvalue weighted by atomic mass is 35.5. The number of rotatable bonds is 2. The number of halogens is 3. The van der Waals surface area contributed by atoms with Crippen LogP contribution in [-0.2, 0) is 6.42 Å². The SMILES string of the molecule is Fc1ccc(Cc2ccc(Cl)nn2)cc1Cl. The lowest BCUT2D eigenvalue weighted by Gasteiger charge is -2.01. The van der Waals surface area contributed by atoms with Gasteiger partial charge in [0, 0.05) is 6.42 Å². The standard InChI is InChI=1S/C11H7Cl2FN2/c12-9-6-7(1-3-10(9)14)5-8-2-4-11(13)16-15-8/h1-4,6H,5H2. The highest BCUT2D eigenvalue weighted by Crippen LogP contribution is 2.17.